The van der Waals surface area contributed by atoms with E-state index in [2.05, 4.69) is 9.62 Å². The number of ether oxygens (including phenoxy) is 1. The maximum atomic E-state index is 14.4. The molecule has 168 valence electrons. The average Bonchev–Trinajstić information content (AvgIpc) is 2.99. The molecule has 1 saturated heterocycles. The Morgan fingerprint density at radius 2 is 1.84 bits per heavy atom. The number of amides is 1. The minimum absolute atomic E-state index is 0.116. The summed E-state index contributed by atoms with van der Waals surface area (Å²) in [6.45, 7) is 5.00. The molecule has 1 amide bonds. The van der Waals surface area contributed by atoms with E-state index in [1.54, 1.807) is 18.9 Å². The Labute approximate surface area is 182 Å². The number of methoxy groups -OCH3 is 1. The van der Waals surface area contributed by atoms with E-state index in [0.29, 0.717) is 19.6 Å². The van der Waals surface area contributed by atoms with Crippen LogP contribution in [-0.2, 0) is 16.6 Å². The van der Waals surface area contributed by atoms with Crippen molar-refractivity contribution in [2.45, 2.75) is 24.8 Å². The first-order valence-electron chi connectivity index (χ1n) is 10.3. The maximum Gasteiger partial charge on any atom is 0.256 e. The van der Waals surface area contributed by atoms with Crippen LogP contribution in [-0.4, -0.2) is 64.0 Å². The van der Waals surface area contributed by atoms with Crippen molar-refractivity contribution in [3.05, 3.63) is 59.4 Å². The number of rotatable bonds is 7. The molecule has 7 nitrogen and oxygen atoms in total. The van der Waals surface area contributed by atoms with Gasteiger partial charge in [-0.15, -0.1) is 0 Å². The van der Waals surface area contributed by atoms with Crippen molar-refractivity contribution in [3.8, 4) is 5.75 Å². The fraction of sp³-hybridized carbons (Fsp3) is 0.409. The lowest BCUT2D eigenvalue weighted by Crippen LogP contribution is -2.35. The zero-order valence-corrected chi connectivity index (χ0v) is 18.6. The molecule has 1 heterocycles. The van der Waals surface area contributed by atoms with Crippen molar-refractivity contribution in [1.29, 1.82) is 0 Å². The normalized spacial score (nSPS) is 15.5. The lowest BCUT2D eigenvalue weighted by molar-refractivity contribution is 0.0756. The van der Waals surface area contributed by atoms with Gasteiger partial charge in [-0.05, 0) is 42.3 Å². The SMILES string of the molecule is CCNS(=O)(=O)c1ccc(F)c(C(=O)N2CCCN(Cc3ccc(OC)cc3)CC2)c1. The van der Waals surface area contributed by atoms with Gasteiger partial charge in [-0.25, -0.2) is 17.5 Å². The van der Waals surface area contributed by atoms with Crippen molar-refractivity contribution in [2.75, 3.05) is 39.8 Å². The Kier molecular flexibility index (Phi) is 7.64. The summed E-state index contributed by atoms with van der Waals surface area (Å²) in [5.41, 5.74) is 0.926. The van der Waals surface area contributed by atoms with Gasteiger partial charge in [-0.2, -0.15) is 0 Å². The average molecular weight is 450 g/mol. The Morgan fingerprint density at radius 1 is 1.10 bits per heavy atom. The third kappa shape index (κ3) is 5.81. The Balaban J connectivity index is 1.69. The molecule has 0 bridgehead atoms. The predicted octanol–water partition coefficient (Wildman–Crippen LogP) is 2.48. The zero-order chi connectivity index (χ0) is 22.4. The molecule has 0 unspecified atom stereocenters. The smallest absolute Gasteiger partial charge is 0.256 e. The molecule has 0 atom stereocenters. The van der Waals surface area contributed by atoms with Crippen LogP contribution >= 0.6 is 0 Å². The topological polar surface area (TPSA) is 79.0 Å². The zero-order valence-electron chi connectivity index (χ0n) is 17.8. The molecular formula is C22H28FN3O4S. The summed E-state index contributed by atoms with van der Waals surface area (Å²) >= 11 is 0. The van der Waals surface area contributed by atoms with E-state index in [1.165, 1.54) is 6.07 Å². The van der Waals surface area contributed by atoms with Crippen molar-refractivity contribution < 1.29 is 22.3 Å². The number of carbonyl (C=O) groups excluding carboxylic acids is 1. The quantitative estimate of drug-likeness (QED) is 0.703. The fourth-order valence-electron chi connectivity index (χ4n) is 3.60. The third-order valence-corrected chi connectivity index (χ3v) is 6.80. The standard InChI is InChI=1S/C22H28FN3O4S/c1-3-24-31(28,29)19-9-10-21(23)20(15-19)22(27)26-12-4-11-25(13-14-26)16-17-5-7-18(30-2)8-6-17/h5-10,15,24H,3-4,11-14,16H2,1-2H3. The van der Waals surface area contributed by atoms with E-state index in [9.17, 15) is 17.6 Å². The molecule has 1 fully saturated rings. The van der Waals surface area contributed by atoms with Gasteiger partial charge in [0.1, 0.15) is 11.6 Å². The fourth-order valence-corrected chi connectivity index (χ4v) is 4.67. The molecule has 0 radical (unpaired) electrons. The van der Waals surface area contributed by atoms with Gasteiger partial charge in [0.2, 0.25) is 10.0 Å². The molecule has 1 aliphatic rings. The lowest BCUT2D eigenvalue weighted by Gasteiger charge is -2.22. The van der Waals surface area contributed by atoms with Crippen molar-refractivity contribution >= 4 is 15.9 Å². The molecule has 0 spiro atoms. The molecular weight excluding hydrogens is 421 g/mol. The van der Waals surface area contributed by atoms with Crippen LogP contribution in [0.5, 0.6) is 5.75 Å². The Hall–Kier alpha value is -2.49. The van der Waals surface area contributed by atoms with Crippen LogP contribution in [0.3, 0.4) is 0 Å². The van der Waals surface area contributed by atoms with Crippen LogP contribution < -0.4 is 9.46 Å². The van der Waals surface area contributed by atoms with Gasteiger partial charge in [0, 0.05) is 39.3 Å². The number of benzene rings is 2. The summed E-state index contributed by atoms with van der Waals surface area (Å²) in [6, 6.07) is 11.2. The molecule has 1 N–H and O–H groups in total. The van der Waals surface area contributed by atoms with Crippen molar-refractivity contribution in [1.82, 2.24) is 14.5 Å². The third-order valence-electron chi connectivity index (χ3n) is 5.25. The largest absolute Gasteiger partial charge is 0.497 e. The van der Waals surface area contributed by atoms with Crippen molar-refractivity contribution in [2.24, 2.45) is 0 Å². The highest BCUT2D eigenvalue weighted by Gasteiger charge is 2.25. The molecule has 1 aliphatic heterocycles. The van der Waals surface area contributed by atoms with Crippen LogP contribution in [0.15, 0.2) is 47.4 Å². The van der Waals surface area contributed by atoms with Gasteiger partial charge in [-0.1, -0.05) is 19.1 Å². The number of sulfonamides is 1. The van der Waals surface area contributed by atoms with Crippen LogP contribution in [0.2, 0.25) is 0 Å². The van der Waals surface area contributed by atoms with Gasteiger partial charge >= 0.3 is 0 Å². The molecule has 0 saturated carbocycles. The van der Waals surface area contributed by atoms with Gasteiger partial charge in [0.15, 0.2) is 0 Å². The molecule has 2 aromatic rings. The number of halogens is 1. The number of nitrogens with one attached hydrogen (secondary N) is 1. The summed E-state index contributed by atoms with van der Waals surface area (Å²) in [6.07, 6.45) is 0.749. The first kappa shape index (κ1) is 23.2. The van der Waals surface area contributed by atoms with Crippen LogP contribution in [0.1, 0.15) is 29.3 Å². The van der Waals surface area contributed by atoms with E-state index in [0.717, 1.165) is 43.0 Å². The lowest BCUT2D eigenvalue weighted by atomic mass is 10.2. The van der Waals surface area contributed by atoms with Crippen LogP contribution in [0.4, 0.5) is 4.39 Å². The summed E-state index contributed by atoms with van der Waals surface area (Å²) < 4.78 is 46.4. The predicted molar refractivity (Wildman–Crippen MR) is 116 cm³/mol. The summed E-state index contributed by atoms with van der Waals surface area (Å²) in [5, 5.41) is 0. The van der Waals surface area contributed by atoms with Crippen LogP contribution in [0, 0.1) is 5.82 Å². The minimum Gasteiger partial charge on any atom is -0.497 e. The molecule has 31 heavy (non-hydrogen) atoms. The van der Waals surface area contributed by atoms with E-state index in [-0.39, 0.29) is 17.0 Å². The first-order valence-corrected chi connectivity index (χ1v) is 11.8. The second-order valence-corrected chi connectivity index (χ2v) is 9.18. The highest BCUT2D eigenvalue weighted by atomic mass is 32.2. The summed E-state index contributed by atoms with van der Waals surface area (Å²) in [4.78, 5) is 16.7. The second-order valence-electron chi connectivity index (χ2n) is 7.41. The van der Waals surface area contributed by atoms with Gasteiger partial charge in [0.05, 0.1) is 17.6 Å². The number of nitrogens with zero attached hydrogens (tertiary/aromatic N) is 2. The number of hydrogen-bond donors (Lipinski definition) is 1. The van der Waals surface area contributed by atoms with Gasteiger partial charge < -0.3 is 9.64 Å². The molecule has 3 rings (SSSR count). The molecule has 9 heteroatoms. The van der Waals surface area contributed by atoms with E-state index in [4.69, 9.17) is 4.74 Å². The molecule has 2 aromatic carbocycles. The number of hydrogen-bond acceptors (Lipinski definition) is 5. The second kappa shape index (κ2) is 10.2. The molecule has 0 aliphatic carbocycles. The molecule has 0 aromatic heterocycles. The van der Waals surface area contributed by atoms with E-state index >= 15 is 0 Å². The highest BCUT2D eigenvalue weighted by Crippen LogP contribution is 2.19. The Bertz CT molecular complexity index is 1010. The van der Waals surface area contributed by atoms with Crippen molar-refractivity contribution in [3.63, 3.8) is 0 Å². The first-order chi connectivity index (χ1) is 14.8. The number of carbonyl (C=O) groups is 1. The Morgan fingerprint density at radius 3 is 2.52 bits per heavy atom. The van der Waals surface area contributed by atoms with Crippen LogP contribution in [0.25, 0.3) is 0 Å². The van der Waals surface area contributed by atoms with E-state index in [1.807, 2.05) is 24.3 Å². The van der Waals surface area contributed by atoms with Gasteiger partial charge in [-0.3, -0.25) is 9.69 Å². The van der Waals surface area contributed by atoms with E-state index < -0.39 is 21.7 Å². The maximum absolute atomic E-state index is 14.4. The monoisotopic (exact) mass is 449 g/mol. The summed E-state index contributed by atoms with van der Waals surface area (Å²) in [7, 11) is -2.15. The highest BCUT2D eigenvalue weighted by molar-refractivity contribution is 7.89. The van der Waals surface area contributed by atoms with Gasteiger partial charge in [0.25, 0.3) is 5.91 Å². The minimum atomic E-state index is -3.77. The summed E-state index contributed by atoms with van der Waals surface area (Å²) in [5.74, 6) is -0.408.